The lowest BCUT2D eigenvalue weighted by Gasteiger charge is -2.55. The van der Waals surface area contributed by atoms with Gasteiger partial charge in [-0.2, -0.15) is 0 Å². The van der Waals surface area contributed by atoms with Crippen molar-refractivity contribution >= 4 is 11.8 Å². The van der Waals surface area contributed by atoms with Gasteiger partial charge in [-0.3, -0.25) is 10.1 Å². The van der Waals surface area contributed by atoms with E-state index < -0.39 is 11.1 Å². The van der Waals surface area contributed by atoms with Gasteiger partial charge < -0.3 is 14.9 Å². The maximum Gasteiger partial charge on any atom is 0.511 e. The van der Waals surface area contributed by atoms with Crippen molar-refractivity contribution < 1.29 is 24.7 Å². The fourth-order valence-electron chi connectivity index (χ4n) is 8.33. The van der Waals surface area contributed by atoms with E-state index in [1.165, 1.54) is 49.8 Å². The van der Waals surface area contributed by atoms with Crippen molar-refractivity contribution in [3.05, 3.63) is 69.8 Å². The number of rotatable bonds is 6. The Morgan fingerprint density at radius 2 is 1.69 bits per heavy atom. The number of non-ortho nitro benzene ring substituents is 1. The van der Waals surface area contributed by atoms with Gasteiger partial charge in [-0.15, -0.1) is 0 Å². The van der Waals surface area contributed by atoms with Gasteiger partial charge >= 0.3 is 6.16 Å². The van der Waals surface area contributed by atoms with Crippen LogP contribution < -0.4 is 4.74 Å². The number of nitrogens with zero attached hydrogens (tertiary/aromatic N) is 1. The number of fused-ring (bicyclic) bond motifs is 5. The first-order chi connectivity index (χ1) is 19.8. The third kappa shape index (κ3) is 6.51. The lowest BCUT2D eigenvalue weighted by molar-refractivity contribution is -0.384. The Kier molecular flexibility index (Phi) is 9.71. The molecule has 7 heteroatoms. The summed E-state index contributed by atoms with van der Waals surface area (Å²) in [7, 11) is 0. The van der Waals surface area contributed by atoms with E-state index in [4.69, 9.17) is 5.11 Å². The molecule has 0 aliphatic heterocycles. The molecule has 4 aliphatic carbocycles. The van der Waals surface area contributed by atoms with Gasteiger partial charge in [0.1, 0.15) is 5.75 Å². The van der Waals surface area contributed by atoms with Crippen molar-refractivity contribution in [1.29, 1.82) is 0 Å². The summed E-state index contributed by atoms with van der Waals surface area (Å²) in [5.74, 6) is 4.44. The van der Waals surface area contributed by atoms with Crippen molar-refractivity contribution in [3.8, 4) is 5.75 Å². The van der Waals surface area contributed by atoms with Crippen LogP contribution in [0.15, 0.2) is 59.7 Å². The van der Waals surface area contributed by atoms with E-state index >= 15 is 0 Å². The van der Waals surface area contributed by atoms with Crippen LogP contribution in [0.25, 0.3) is 0 Å². The maximum atomic E-state index is 10.2. The van der Waals surface area contributed by atoms with E-state index in [-0.39, 0.29) is 17.5 Å². The molecule has 0 bridgehead atoms. The topological polar surface area (TPSA) is 110 Å². The largest absolute Gasteiger partial charge is 0.511 e. The first kappa shape index (κ1) is 32.0. The summed E-state index contributed by atoms with van der Waals surface area (Å²) < 4.78 is 4.24. The summed E-state index contributed by atoms with van der Waals surface area (Å²) in [6, 6.07) is 4.76. The fourth-order valence-corrected chi connectivity index (χ4v) is 8.33. The predicted molar refractivity (Wildman–Crippen MR) is 165 cm³/mol. The van der Waals surface area contributed by atoms with Crippen molar-refractivity contribution in [3.63, 3.8) is 0 Å². The van der Waals surface area contributed by atoms with E-state index in [0.29, 0.717) is 22.7 Å². The summed E-state index contributed by atoms with van der Waals surface area (Å²) in [5.41, 5.74) is 3.96. The number of aliphatic hydroxyl groups is 1. The van der Waals surface area contributed by atoms with E-state index in [9.17, 15) is 20.0 Å². The van der Waals surface area contributed by atoms with E-state index in [1.54, 1.807) is 5.57 Å². The number of carboxylic acid groups (broad SMARTS) is 1. The van der Waals surface area contributed by atoms with E-state index in [0.717, 1.165) is 48.6 Å². The molecule has 0 heterocycles. The van der Waals surface area contributed by atoms with Gasteiger partial charge in [-0.05, 0) is 103 Å². The lowest BCUT2D eigenvalue weighted by Crippen LogP contribution is -2.46. The Hall–Kier alpha value is -2.93. The number of ether oxygens (including phenoxy) is 1. The highest BCUT2D eigenvalue weighted by atomic mass is 16.7. The first-order valence-corrected chi connectivity index (χ1v) is 15.7. The Morgan fingerprint density at radius 1 is 1.00 bits per heavy atom. The molecule has 3 saturated carbocycles. The minimum absolute atomic E-state index is 0.0538. The molecule has 4 aliphatic rings. The summed E-state index contributed by atoms with van der Waals surface area (Å²) in [4.78, 5) is 19.6. The molecule has 230 valence electrons. The first-order valence-electron chi connectivity index (χ1n) is 15.7. The monoisotopic (exact) mass is 579 g/mol. The summed E-state index contributed by atoms with van der Waals surface area (Å²) >= 11 is 0. The number of nitro benzene ring substituents is 1. The van der Waals surface area contributed by atoms with Crippen molar-refractivity contribution in [2.24, 2.45) is 46.3 Å². The van der Waals surface area contributed by atoms with Crippen LogP contribution in [0.5, 0.6) is 5.75 Å². The van der Waals surface area contributed by atoms with Crippen molar-refractivity contribution in [2.45, 2.75) is 92.6 Å². The predicted octanol–water partition coefficient (Wildman–Crippen LogP) is 8.98. The third-order valence-electron chi connectivity index (χ3n) is 11.3. The number of allylic oxidation sites excluding steroid dienone is 5. The summed E-state index contributed by atoms with van der Waals surface area (Å²) in [5, 5.41) is 28.6. The molecule has 8 atom stereocenters. The minimum Gasteiger partial charge on any atom is -0.449 e. The molecule has 1 aromatic rings. The summed E-state index contributed by atoms with van der Waals surface area (Å²) in [6.07, 6.45) is 16.9. The Labute approximate surface area is 250 Å². The number of benzene rings is 1. The molecule has 0 saturated heterocycles. The zero-order chi connectivity index (χ0) is 30.8. The number of hydrogen-bond acceptors (Lipinski definition) is 5. The van der Waals surface area contributed by atoms with Crippen LogP contribution in [0.4, 0.5) is 10.5 Å². The second-order valence-electron chi connectivity index (χ2n) is 14.0. The maximum absolute atomic E-state index is 10.2. The lowest BCUT2D eigenvalue weighted by atomic mass is 9.50. The average molecular weight is 580 g/mol. The van der Waals surface area contributed by atoms with Crippen LogP contribution in [0.2, 0.25) is 0 Å². The molecule has 1 aromatic carbocycles. The standard InChI is InChI=1S/C28H44O.C7H5NO5/c1-18(2)19(3)7-8-20(4)24-11-12-25-23-10-9-21-17-22(29)13-15-27(21,5)26(23)14-16-28(24,25)6;9-7(10)13-6-3-1-5(2-4-6)8(11)12/h7-10,18-20,22,24-26,29H,11-17H2,1-6H3;1-4H,(H,9,10)/b8-7+;/t19-,20+,22-,24+,25-,26-,27-,28+;/m0./s1. The molecule has 2 N–H and O–H groups in total. The second kappa shape index (κ2) is 12.7. The van der Waals surface area contributed by atoms with E-state index in [2.05, 4.69) is 70.6 Å². The average Bonchev–Trinajstić information content (AvgIpc) is 3.29. The van der Waals surface area contributed by atoms with Gasteiger partial charge in [0, 0.05) is 12.1 Å². The normalized spacial score (nSPS) is 33.2. The fraction of sp³-hybridized carbons (Fsp3) is 0.629. The quantitative estimate of drug-likeness (QED) is 0.114. The molecule has 0 aromatic heterocycles. The van der Waals surface area contributed by atoms with Crippen LogP contribution in [0, 0.1) is 56.5 Å². The molecule has 7 nitrogen and oxygen atoms in total. The molecular formula is C35H49NO6. The highest BCUT2D eigenvalue weighted by Crippen LogP contribution is 2.66. The molecule has 0 spiro atoms. The smallest absolute Gasteiger partial charge is 0.449 e. The molecule has 5 rings (SSSR count). The second-order valence-corrected chi connectivity index (χ2v) is 14.0. The van der Waals surface area contributed by atoms with Crippen molar-refractivity contribution in [1.82, 2.24) is 0 Å². The highest BCUT2D eigenvalue weighted by molar-refractivity contribution is 5.61. The number of nitro groups is 1. The van der Waals surface area contributed by atoms with Crippen LogP contribution in [0.3, 0.4) is 0 Å². The Balaban J connectivity index is 0.000000262. The number of carbonyl (C=O) groups is 1. The molecular weight excluding hydrogens is 530 g/mol. The zero-order valence-electron chi connectivity index (χ0n) is 26.1. The number of hydrogen-bond donors (Lipinski definition) is 2. The van der Waals surface area contributed by atoms with Gasteiger partial charge in [0.15, 0.2) is 0 Å². The highest BCUT2D eigenvalue weighted by Gasteiger charge is 2.56. The molecule has 3 fully saturated rings. The Bertz CT molecular complexity index is 1230. The third-order valence-corrected chi connectivity index (χ3v) is 11.3. The van der Waals surface area contributed by atoms with Gasteiger partial charge in [0.2, 0.25) is 0 Å². The molecule has 0 amide bonds. The number of aliphatic hydroxyl groups excluding tert-OH is 1. The van der Waals surface area contributed by atoms with E-state index in [1.807, 2.05) is 0 Å². The van der Waals surface area contributed by atoms with Gasteiger partial charge in [-0.1, -0.05) is 77.0 Å². The molecule has 0 radical (unpaired) electrons. The zero-order valence-corrected chi connectivity index (χ0v) is 26.1. The minimum atomic E-state index is -1.45. The van der Waals surface area contributed by atoms with Crippen LogP contribution in [0.1, 0.15) is 86.5 Å². The van der Waals surface area contributed by atoms with Gasteiger partial charge in [-0.25, -0.2) is 4.79 Å². The molecule has 0 unspecified atom stereocenters. The van der Waals surface area contributed by atoms with Crippen LogP contribution >= 0.6 is 0 Å². The molecule has 42 heavy (non-hydrogen) atoms. The van der Waals surface area contributed by atoms with Gasteiger partial charge in [0.05, 0.1) is 11.0 Å². The van der Waals surface area contributed by atoms with Crippen LogP contribution in [-0.2, 0) is 0 Å². The van der Waals surface area contributed by atoms with Gasteiger partial charge in [0.25, 0.3) is 5.69 Å². The Morgan fingerprint density at radius 3 is 2.31 bits per heavy atom. The SMILES string of the molecule is CC(C)[C@@H](C)/C=C/[C@@H](C)[C@H]1CC[C@H]2C3=CC=C4C[C@@H](O)CC[C@]4(C)[C@H]3CC[C@]12C.O=C(O)Oc1ccc([N+](=O)[O-])cc1. The summed E-state index contributed by atoms with van der Waals surface area (Å²) in [6.45, 7) is 14.6. The van der Waals surface area contributed by atoms with Crippen molar-refractivity contribution in [2.75, 3.05) is 0 Å². The van der Waals surface area contributed by atoms with Crippen LogP contribution in [-0.4, -0.2) is 27.4 Å².